The molecule has 0 aromatic heterocycles. The highest BCUT2D eigenvalue weighted by Gasteiger charge is 2.34. The number of anilines is 2. The Morgan fingerprint density at radius 1 is 0.909 bits per heavy atom. The Morgan fingerprint density at radius 2 is 1.55 bits per heavy atom. The number of hydrogen-bond donors (Lipinski definition) is 1. The summed E-state index contributed by atoms with van der Waals surface area (Å²) in [6.07, 6.45) is -4.77. The average molecular weight is 538 g/mol. The fraction of sp³-hybridized carbons (Fsp3) is 0.0952. The molecule has 0 unspecified atom stereocenters. The molecule has 0 radical (unpaired) electrons. The van der Waals surface area contributed by atoms with E-state index in [1.807, 2.05) is 0 Å². The number of amides is 1. The van der Waals surface area contributed by atoms with E-state index in [1.165, 1.54) is 42.5 Å². The minimum atomic E-state index is -4.77. The molecule has 0 bridgehead atoms. The van der Waals surface area contributed by atoms with Crippen LogP contribution in [0.4, 0.5) is 24.5 Å². The van der Waals surface area contributed by atoms with Crippen LogP contribution in [0.2, 0.25) is 15.1 Å². The number of halogens is 6. The van der Waals surface area contributed by atoms with Crippen molar-refractivity contribution in [2.75, 3.05) is 16.2 Å². The summed E-state index contributed by atoms with van der Waals surface area (Å²) in [4.78, 5) is 12.5. The Bertz CT molecular complexity index is 1290. The third kappa shape index (κ3) is 5.92. The minimum Gasteiger partial charge on any atom is -0.323 e. The third-order valence-electron chi connectivity index (χ3n) is 4.36. The first-order valence-electron chi connectivity index (χ1n) is 9.09. The third-order valence-corrected chi connectivity index (χ3v) is 7.02. The van der Waals surface area contributed by atoms with Gasteiger partial charge in [-0.3, -0.25) is 9.10 Å². The van der Waals surface area contributed by atoms with Gasteiger partial charge in [-0.1, -0.05) is 53.0 Å². The number of hydrogen-bond acceptors (Lipinski definition) is 3. The lowest BCUT2D eigenvalue weighted by atomic mass is 10.2. The van der Waals surface area contributed by atoms with Crippen molar-refractivity contribution >= 4 is 62.1 Å². The highest BCUT2D eigenvalue weighted by atomic mass is 35.5. The van der Waals surface area contributed by atoms with E-state index >= 15 is 0 Å². The van der Waals surface area contributed by atoms with Crippen LogP contribution in [0.5, 0.6) is 0 Å². The zero-order valence-electron chi connectivity index (χ0n) is 16.4. The quantitative estimate of drug-likeness (QED) is 0.390. The molecule has 0 aliphatic rings. The molecule has 0 fully saturated rings. The van der Waals surface area contributed by atoms with E-state index in [9.17, 15) is 26.4 Å². The molecule has 5 nitrogen and oxygen atoms in total. The van der Waals surface area contributed by atoms with Crippen LogP contribution in [0.25, 0.3) is 0 Å². The smallest absolute Gasteiger partial charge is 0.323 e. The summed E-state index contributed by atoms with van der Waals surface area (Å²) in [5.41, 5.74) is -1.54. The number of nitrogens with one attached hydrogen (secondary N) is 1. The summed E-state index contributed by atoms with van der Waals surface area (Å²) in [5.74, 6) is -0.882. The SMILES string of the molecule is O=C(CN(c1cc(C(F)(F)F)ccc1Cl)S(=O)(=O)c1ccccc1)Nc1cc(Cl)ccc1Cl. The summed E-state index contributed by atoms with van der Waals surface area (Å²) in [6.45, 7) is -0.888. The van der Waals surface area contributed by atoms with Gasteiger partial charge < -0.3 is 5.32 Å². The summed E-state index contributed by atoms with van der Waals surface area (Å²) in [5, 5.41) is 2.50. The molecule has 0 aliphatic heterocycles. The second-order valence-corrected chi connectivity index (χ2v) is 9.77. The topological polar surface area (TPSA) is 66.5 Å². The highest BCUT2D eigenvalue weighted by molar-refractivity contribution is 7.92. The number of carbonyl (C=O) groups excluding carboxylic acids is 1. The van der Waals surface area contributed by atoms with Crippen LogP contribution in [-0.4, -0.2) is 20.9 Å². The molecular weight excluding hydrogens is 524 g/mol. The predicted molar refractivity (Wildman–Crippen MR) is 123 cm³/mol. The van der Waals surface area contributed by atoms with E-state index in [4.69, 9.17) is 34.8 Å². The van der Waals surface area contributed by atoms with Gasteiger partial charge in [-0.05, 0) is 48.5 Å². The Labute approximate surface area is 202 Å². The van der Waals surface area contributed by atoms with Crippen LogP contribution in [0.3, 0.4) is 0 Å². The maximum Gasteiger partial charge on any atom is 0.416 e. The Hall–Kier alpha value is -2.46. The van der Waals surface area contributed by atoms with E-state index < -0.39 is 39.9 Å². The van der Waals surface area contributed by atoms with Gasteiger partial charge >= 0.3 is 6.18 Å². The average Bonchev–Trinajstić information content (AvgIpc) is 2.75. The van der Waals surface area contributed by atoms with Gasteiger partial charge in [0.05, 0.1) is 31.9 Å². The number of carbonyl (C=O) groups is 1. The van der Waals surface area contributed by atoms with Crippen molar-refractivity contribution in [1.82, 2.24) is 0 Å². The van der Waals surface area contributed by atoms with Crippen LogP contribution < -0.4 is 9.62 Å². The molecule has 0 heterocycles. The molecule has 174 valence electrons. The maximum absolute atomic E-state index is 13.3. The standard InChI is InChI=1S/C21H14Cl3F3N2O3S/c22-14-7-9-16(23)18(11-14)28-20(30)12-29(33(31,32)15-4-2-1-3-5-15)19-10-13(21(25,26)27)6-8-17(19)24/h1-11H,12H2,(H,28,30). The Morgan fingerprint density at radius 3 is 2.18 bits per heavy atom. The van der Waals surface area contributed by atoms with Gasteiger partial charge in [-0.2, -0.15) is 13.2 Å². The number of benzene rings is 3. The first kappa shape index (κ1) is 25.2. The van der Waals surface area contributed by atoms with Crippen molar-refractivity contribution in [3.8, 4) is 0 Å². The Balaban J connectivity index is 2.07. The molecular formula is C21H14Cl3F3N2O3S. The summed E-state index contributed by atoms with van der Waals surface area (Å²) in [6, 6.07) is 13.4. The van der Waals surface area contributed by atoms with Gasteiger partial charge in [0.1, 0.15) is 6.54 Å². The molecule has 0 spiro atoms. The lowest BCUT2D eigenvalue weighted by Gasteiger charge is -2.26. The number of nitrogens with zero attached hydrogens (tertiary/aromatic N) is 1. The van der Waals surface area contributed by atoms with Gasteiger partial charge in [0.2, 0.25) is 5.91 Å². The van der Waals surface area contributed by atoms with Crippen LogP contribution in [-0.2, 0) is 21.0 Å². The monoisotopic (exact) mass is 536 g/mol. The number of rotatable bonds is 6. The van der Waals surface area contributed by atoms with Gasteiger partial charge in [0.25, 0.3) is 10.0 Å². The largest absolute Gasteiger partial charge is 0.416 e. The molecule has 0 aliphatic carbocycles. The second-order valence-electron chi connectivity index (χ2n) is 6.66. The van der Waals surface area contributed by atoms with Crippen molar-refractivity contribution in [2.24, 2.45) is 0 Å². The van der Waals surface area contributed by atoms with Crippen LogP contribution in [0.15, 0.2) is 71.6 Å². The molecule has 0 saturated carbocycles. The maximum atomic E-state index is 13.3. The predicted octanol–water partition coefficient (Wildman–Crippen LogP) is 6.50. The van der Waals surface area contributed by atoms with E-state index in [-0.39, 0.29) is 25.7 Å². The first-order valence-corrected chi connectivity index (χ1v) is 11.7. The zero-order valence-corrected chi connectivity index (χ0v) is 19.5. The van der Waals surface area contributed by atoms with Gasteiger partial charge in [-0.25, -0.2) is 8.42 Å². The lowest BCUT2D eigenvalue weighted by Crippen LogP contribution is -2.38. The summed E-state index contributed by atoms with van der Waals surface area (Å²) < 4.78 is 67.0. The van der Waals surface area contributed by atoms with Gasteiger partial charge in [0.15, 0.2) is 0 Å². The van der Waals surface area contributed by atoms with E-state index in [0.717, 1.165) is 6.07 Å². The molecule has 0 atom stereocenters. The molecule has 33 heavy (non-hydrogen) atoms. The van der Waals surface area contributed by atoms with Gasteiger partial charge in [-0.15, -0.1) is 0 Å². The first-order chi connectivity index (χ1) is 15.4. The fourth-order valence-electron chi connectivity index (χ4n) is 2.81. The molecule has 3 rings (SSSR count). The van der Waals surface area contributed by atoms with Crippen LogP contribution in [0.1, 0.15) is 5.56 Å². The molecule has 1 N–H and O–H groups in total. The lowest BCUT2D eigenvalue weighted by molar-refractivity contribution is -0.137. The summed E-state index contributed by atoms with van der Waals surface area (Å²) in [7, 11) is -4.48. The van der Waals surface area contributed by atoms with Crippen LogP contribution >= 0.6 is 34.8 Å². The second kappa shape index (κ2) is 9.80. The molecule has 1 amide bonds. The fourth-order valence-corrected chi connectivity index (χ4v) is 4.87. The Kier molecular flexibility index (Phi) is 7.48. The van der Waals surface area contributed by atoms with Gasteiger partial charge in [0, 0.05) is 5.02 Å². The molecule has 12 heteroatoms. The van der Waals surface area contributed by atoms with E-state index in [2.05, 4.69) is 5.32 Å². The van der Waals surface area contributed by atoms with Crippen molar-refractivity contribution in [3.05, 3.63) is 87.4 Å². The number of alkyl halides is 3. The van der Waals surface area contributed by atoms with Crippen molar-refractivity contribution in [3.63, 3.8) is 0 Å². The van der Waals surface area contributed by atoms with Crippen LogP contribution in [0, 0.1) is 0 Å². The highest BCUT2D eigenvalue weighted by Crippen LogP contribution is 2.37. The zero-order chi connectivity index (χ0) is 24.4. The van der Waals surface area contributed by atoms with Crippen molar-refractivity contribution in [2.45, 2.75) is 11.1 Å². The molecule has 0 saturated heterocycles. The van der Waals surface area contributed by atoms with Crippen molar-refractivity contribution in [1.29, 1.82) is 0 Å². The van der Waals surface area contributed by atoms with Crippen molar-refractivity contribution < 1.29 is 26.4 Å². The normalized spacial score (nSPS) is 11.8. The van der Waals surface area contributed by atoms with E-state index in [0.29, 0.717) is 16.4 Å². The number of sulfonamides is 1. The molecule has 3 aromatic rings. The van der Waals surface area contributed by atoms with E-state index in [1.54, 1.807) is 6.07 Å². The molecule has 3 aromatic carbocycles. The summed E-state index contributed by atoms with van der Waals surface area (Å²) >= 11 is 18.0. The minimum absolute atomic E-state index is 0.0985.